The Kier molecular flexibility index (Phi) is 2.11. The second-order valence-electron chi connectivity index (χ2n) is 3.98. The van der Waals surface area contributed by atoms with Gasteiger partial charge in [0.15, 0.2) is 0 Å². The topological polar surface area (TPSA) is 13.1 Å². The SMILES string of the molecule is C[Si]c1cccc2c1oc1cccc(C)c12. The normalized spacial score (nSPS) is 11.4. The zero-order valence-electron chi connectivity index (χ0n) is 9.37. The number of rotatable bonds is 1. The van der Waals surface area contributed by atoms with Crippen LogP contribution in [0.25, 0.3) is 21.9 Å². The van der Waals surface area contributed by atoms with E-state index in [-0.39, 0.29) is 0 Å². The maximum atomic E-state index is 5.96. The third kappa shape index (κ3) is 1.23. The van der Waals surface area contributed by atoms with Gasteiger partial charge in [0.25, 0.3) is 0 Å². The first-order chi connectivity index (χ1) is 7.81. The molecule has 1 heterocycles. The van der Waals surface area contributed by atoms with E-state index in [1.54, 1.807) is 0 Å². The monoisotopic (exact) mass is 224 g/mol. The summed E-state index contributed by atoms with van der Waals surface area (Å²) < 4.78 is 5.96. The highest BCUT2D eigenvalue weighted by atomic mass is 28.2. The molecular formula is C14H12OSi. The lowest BCUT2D eigenvalue weighted by molar-refractivity contribution is 0.671. The standard InChI is InChI=1S/C14H12OSi/c1-9-5-3-7-11-13(9)10-6-4-8-12(16-2)14(10)15-11/h3-8H,1-2H3. The first-order valence-corrected chi connectivity index (χ1v) is 6.90. The molecule has 0 N–H and O–H groups in total. The van der Waals surface area contributed by atoms with Crippen molar-refractivity contribution in [1.82, 2.24) is 0 Å². The minimum Gasteiger partial charge on any atom is -0.456 e. The van der Waals surface area contributed by atoms with Gasteiger partial charge in [0.1, 0.15) is 11.2 Å². The molecule has 0 aliphatic rings. The Bertz CT molecular complexity index is 667. The number of aryl methyl sites for hydroxylation is 1. The average molecular weight is 224 g/mol. The minimum absolute atomic E-state index is 0.772. The molecule has 2 heteroatoms. The molecule has 78 valence electrons. The van der Waals surface area contributed by atoms with Crippen molar-refractivity contribution in [2.45, 2.75) is 13.5 Å². The molecule has 3 aromatic rings. The summed E-state index contributed by atoms with van der Waals surface area (Å²) >= 11 is 0. The lowest BCUT2D eigenvalue weighted by Crippen LogP contribution is -2.09. The van der Waals surface area contributed by atoms with E-state index in [1.165, 1.54) is 21.5 Å². The van der Waals surface area contributed by atoms with Crippen LogP contribution in [-0.4, -0.2) is 9.52 Å². The van der Waals surface area contributed by atoms with E-state index in [9.17, 15) is 0 Å². The van der Waals surface area contributed by atoms with E-state index in [4.69, 9.17) is 4.42 Å². The van der Waals surface area contributed by atoms with Crippen LogP contribution in [0.5, 0.6) is 0 Å². The summed E-state index contributed by atoms with van der Waals surface area (Å²) in [7, 11) is 0.772. The fraction of sp³-hybridized carbons (Fsp3) is 0.143. The smallest absolute Gasteiger partial charge is 0.135 e. The quantitative estimate of drug-likeness (QED) is 0.578. The molecule has 0 saturated carbocycles. The van der Waals surface area contributed by atoms with E-state index in [1.807, 2.05) is 12.1 Å². The highest BCUT2D eigenvalue weighted by Gasteiger charge is 2.10. The predicted molar refractivity (Wildman–Crippen MR) is 69.7 cm³/mol. The largest absolute Gasteiger partial charge is 0.456 e. The van der Waals surface area contributed by atoms with Crippen molar-refractivity contribution in [3.05, 3.63) is 42.0 Å². The maximum Gasteiger partial charge on any atom is 0.135 e. The van der Waals surface area contributed by atoms with Crippen molar-refractivity contribution in [1.29, 1.82) is 0 Å². The fourth-order valence-corrected chi connectivity index (χ4v) is 2.90. The second-order valence-corrected chi connectivity index (χ2v) is 5.02. The molecule has 1 nitrogen and oxygen atoms in total. The number of hydrogen-bond donors (Lipinski definition) is 0. The maximum absolute atomic E-state index is 5.96. The van der Waals surface area contributed by atoms with E-state index in [0.29, 0.717) is 0 Å². The molecule has 16 heavy (non-hydrogen) atoms. The van der Waals surface area contributed by atoms with Crippen LogP contribution in [0.1, 0.15) is 5.56 Å². The highest BCUT2D eigenvalue weighted by molar-refractivity contribution is 6.55. The molecule has 0 spiro atoms. The number of hydrogen-bond acceptors (Lipinski definition) is 1. The van der Waals surface area contributed by atoms with E-state index in [0.717, 1.165) is 20.7 Å². The molecule has 0 aliphatic carbocycles. The molecule has 0 bridgehead atoms. The van der Waals surface area contributed by atoms with Crippen LogP contribution in [0, 0.1) is 6.92 Å². The first kappa shape index (κ1) is 9.67. The van der Waals surface area contributed by atoms with Crippen molar-refractivity contribution >= 4 is 36.6 Å². The molecular weight excluding hydrogens is 212 g/mol. The molecule has 0 fully saturated rings. The van der Waals surface area contributed by atoms with Gasteiger partial charge in [-0.1, -0.05) is 36.9 Å². The van der Waals surface area contributed by atoms with Crippen LogP contribution in [-0.2, 0) is 0 Å². The summed E-state index contributed by atoms with van der Waals surface area (Å²) in [4.78, 5) is 0. The number of para-hydroxylation sites is 1. The van der Waals surface area contributed by atoms with Crippen molar-refractivity contribution in [3.8, 4) is 0 Å². The molecule has 0 saturated heterocycles. The Balaban J connectivity index is 2.56. The van der Waals surface area contributed by atoms with E-state index >= 15 is 0 Å². The van der Waals surface area contributed by atoms with Gasteiger partial charge >= 0.3 is 0 Å². The van der Waals surface area contributed by atoms with Crippen molar-refractivity contribution in [2.24, 2.45) is 0 Å². The number of benzene rings is 2. The summed E-state index contributed by atoms with van der Waals surface area (Å²) in [5, 5.41) is 3.82. The predicted octanol–water partition coefficient (Wildman–Crippen LogP) is 3.27. The molecule has 0 amide bonds. The molecule has 0 aliphatic heterocycles. The third-order valence-electron chi connectivity index (χ3n) is 3.00. The van der Waals surface area contributed by atoms with Crippen molar-refractivity contribution in [2.75, 3.05) is 0 Å². The van der Waals surface area contributed by atoms with E-state index < -0.39 is 0 Å². The van der Waals surface area contributed by atoms with Crippen LogP contribution < -0.4 is 5.19 Å². The molecule has 1 aromatic heterocycles. The van der Waals surface area contributed by atoms with Gasteiger partial charge in [-0.25, -0.2) is 0 Å². The summed E-state index contributed by atoms with van der Waals surface area (Å²) in [5.74, 6) is 0. The first-order valence-electron chi connectivity index (χ1n) is 5.40. The fourth-order valence-electron chi connectivity index (χ4n) is 2.22. The van der Waals surface area contributed by atoms with Gasteiger partial charge in [0.05, 0.1) is 9.52 Å². The van der Waals surface area contributed by atoms with Gasteiger partial charge in [0.2, 0.25) is 0 Å². The number of fused-ring (bicyclic) bond motifs is 3. The van der Waals surface area contributed by atoms with Crippen molar-refractivity contribution in [3.63, 3.8) is 0 Å². The van der Waals surface area contributed by atoms with Gasteiger partial charge in [0, 0.05) is 10.8 Å². The van der Waals surface area contributed by atoms with Gasteiger partial charge in [-0.05, 0) is 23.7 Å². The minimum atomic E-state index is 0.772. The van der Waals surface area contributed by atoms with E-state index in [2.05, 4.69) is 37.7 Å². The Hall–Kier alpha value is -1.54. The van der Waals surface area contributed by atoms with Crippen molar-refractivity contribution < 1.29 is 4.42 Å². The molecule has 2 aromatic carbocycles. The Labute approximate surface area is 96.9 Å². The molecule has 0 atom stereocenters. The summed E-state index contributed by atoms with van der Waals surface area (Å²) in [6, 6.07) is 12.7. The zero-order valence-corrected chi connectivity index (χ0v) is 10.4. The summed E-state index contributed by atoms with van der Waals surface area (Å²) in [6.07, 6.45) is 0. The lowest BCUT2D eigenvalue weighted by atomic mass is 10.1. The Morgan fingerprint density at radius 1 is 1.06 bits per heavy atom. The number of furan rings is 1. The van der Waals surface area contributed by atoms with Crippen LogP contribution in [0.4, 0.5) is 0 Å². The van der Waals surface area contributed by atoms with Gasteiger partial charge in [-0.15, -0.1) is 0 Å². The van der Waals surface area contributed by atoms with Crippen LogP contribution >= 0.6 is 0 Å². The van der Waals surface area contributed by atoms with Gasteiger partial charge in [-0.2, -0.15) is 0 Å². The van der Waals surface area contributed by atoms with Crippen LogP contribution in [0.15, 0.2) is 40.8 Å². The summed E-state index contributed by atoms with van der Waals surface area (Å²) in [5.41, 5.74) is 3.35. The molecule has 3 rings (SSSR count). The Morgan fingerprint density at radius 2 is 1.88 bits per heavy atom. The summed E-state index contributed by atoms with van der Waals surface area (Å²) in [6.45, 7) is 4.33. The zero-order chi connectivity index (χ0) is 11.1. The van der Waals surface area contributed by atoms with Crippen LogP contribution in [0.2, 0.25) is 6.55 Å². The lowest BCUT2D eigenvalue weighted by Gasteiger charge is -1.96. The second kappa shape index (κ2) is 3.49. The Morgan fingerprint density at radius 3 is 2.69 bits per heavy atom. The average Bonchev–Trinajstić information content (AvgIpc) is 2.68. The molecule has 0 unspecified atom stereocenters. The van der Waals surface area contributed by atoms with Gasteiger partial charge in [-0.3, -0.25) is 0 Å². The van der Waals surface area contributed by atoms with Crippen LogP contribution in [0.3, 0.4) is 0 Å². The van der Waals surface area contributed by atoms with Gasteiger partial charge < -0.3 is 4.42 Å². The third-order valence-corrected chi connectivity index (χ3v) is 3.93. The molecule has 2 radical (unpaired) electrons. The highest BCUT2D eigenvalue weighted by Crippen LogP contribution is 2.29.